The Morgan fingerprint density at radius 3 is 1.16 bits per heavy atom. The van der Waals surface area contributed by atoms with E-state index in [9.17, 15) is 72.6 Å². The quantitative estimate of drug-likeness (QED) is 0.0144. The second kappa shape index (κ2) is 43.6. The second-order valence-electron chi connectivity index (χ2n) is 32.2. The first-order valence-electron chi connectivity index (χ1n) is 41.2. The van der Waals surface area contributed by atoms with Gasteiger partial charge in [-0.3, -0.25) is 4.79 Å². The van der Waals surface area contributed by atoms with E-state index in [2.05, 4.69) is 96.8 Å². The fourth-order valence-electron chi connectivity index (χ4n) is 12.5. The van der Waals surface area contributed by atoms with Gasteiger partial charge in [0.1, 0.15) is 63.3 Å². The van der Waals surface area contributed by atoms with Gasteiger partial charge in [-0.1, -0.05) is 77.9 Å². The van der Waals surface area contributed by atoms with E-state index in [1.54, 1.807) is 182 Å². The van der Waals surface area contributed by atoms with Crippen molar-refractivity contribution in [3.8, 4) is 34.2 Å². The lowest BCUT2D eigenvalue weighted by Crippen LogP contribution is -2.52. The van der Waals surface area contributed by atoms with Crippen LogP contribution in [-0.4, -0.2) is 200 Å². The highest BCUT2D eigenvalue weighted by Crippen LogP contribution is 2.39. The molecule has 14 aromatic rings. The lowest BCUT2D eigenvalue weighted by atomic mass is 9.79. The monoisotopic (exact) mass is 1930 g/mol. The minimum atomic E-state index is -4.48. The van der Waals surface area contributed by atoms with Gasteiger partial charge < -0.3 is 66.9 Å². The van der Waals surface area contributed by atoms with Crippen LogP contribution >= 0.6 is 11.6 Å². The number of nitrogens with two attached hydrogens (primary N) is 1. The van der Waals surface area contributed by atoms with Crippen LogP contribution in [0.3, 0.4) is 0 Å². The Bertz CT molecular complexity index is 6720. The number of anilines is 4. The molecule has 12 aromatic heterocycles. The average Bonchev–Trinajstić information content (AvgIpc) is 1.58. The zero-order valence-electron chi connectivity index (χ0n) is 74.5. The number of benzene rings is 2. The van der Waals surface area contributed by atoms with Crippen LogP contribution in [0.25, 0.3) is 78.3 Å². The molecule has 1 aliphatic heterocycles. The topological polar surface area (TPSA) is 498 Å². The van der Waals surface area contributed by atoms with E-state index in [4.69, 9.17) is 26.0 Å². The largest absolute Gasteiger partial charge is 0.497 e. The van der Waals surface area contributed by atoms with Gasteiger partial charge in [-0.25, -0.2) is 99.0 Å². The van der Waals surface area contributed by atoms with Crippen LogP contribution in [0, 0.1) is 13.8 Å². The number of pyridine rings is 4. The number of rotatable bonds is 25. The molecule has 12 N–H and O–H groups in total. The van der Waals surface area contributed by atoms with Crippen LogP contribution < -0.4 is 37.8 Å². The van der Waals surface area contributed by atoms with Crippen LogP contribution in [0.1, 0.15) is 135 Å². The summed E-state index contributed by atoms with van der Waals surface area (Å²) in [5, 5.41) is 44.6. The molecule has 35 nitrogen and oxygen atoms in total. The number of aromatic nitrogens is 16. The van der Waals surface area contributed by atoms with E-state index < -0.39 is 110 Å². The van der Waals surface area contributed by atoms with Crippen LogP contribution in [-0.2, 0) is 48.5 Å². The van der Waals surface area contributed by atoms with Gasteiger partial charge in [0.25, 0.3) is 20.0 Å². The number of fused-ring (bicyclic) bond motifs is 4. The number of hydrogen-bond donors (Lipinski definition) is 11. The number of halogens is 7. The summed E-state index contributed by atoms with van der Waals surface area (Å²) in [6.45, 7) is 22.4. The number of alkyl halides is 6. The van der Waals surface area contributed by atoms with Crippen molar-refractivity contribution in [1.29, 1.82) is 0 Å². The number of hydrogen-bond acceptors (Lipinski definition) is 27. The van der Waals surface area contributed by atoms with Crippen LogP contribution in [0.2, 0.25) is 5.28 Å². The summed E-state index contributed by atoms with van der Waals surface area (Å²) >= 11 is 5.59. The Morgan fingerprint density at radius 2 is 0.793 bits per heavy atom. The van der Waals surface area contributed by atoms with Gasteiger partial charge in [0.05, 0.1) is 27.5 Å². The summed E-state index contributed by atoms with van der Waals surface area (Å²) < 4.78 is 137. The maximum absolute atomic E-state index is 13.4. The minimum Gasteiger partial charge on any atom is -0.480 e. The molecule has 4 atom stereocenters. The van der Waals surface area contributed by atoms with Gasteiger partial charge in [0.15, 0.2) is 28.8 Å². The van der Waals surface area contributed by atoms with Crippen molar-refractivity contribution in [2.45, 2.75) is 193 Å². The van der Waals surface area contributed by atoms with Gasteiger partial charge in [0, 0.05) is 118 Å². The molecular weight excluding hydrogens is 1820 g/mol. The minimum absolute atomic E-state index is 0. The third-order valence-corrected chi connectivity index (χ3v) is 25.5. The molecule has 1 aliphatic rings. The summed E-state index contributed by atoms with van der Waals surface area (Å²) in [6.07, 6.45) is 11.9. The summed E-state index contributed by atoms with van der Waals surface area (Å²) in [6, 6.07) is 34.2. The molecule has 45 heteroatoms. The Morgan fingerprint density at radius 1 is 0.459 bits per heavy atom. The SMILES string of the molecule is C.C.CC[C@@](C)(Nc1ccnc(-c2c[nH]c3ncccc23)n1)C(=O)NCC(F)(F)F.CC[C@@](C)(Nc1ccnc(-c2c[nH]c3ncccc23)n1)C(=O)O.CC[C@@](C)(Nc1ccnc(-c2cn(S(=O)(=O)c3ccc(C)cc3)c3ncccc23)n1)C(=O)O.CC[C@@](C)(Nc1ccnc(Cl)n1)C(=O)O.Cc1ccc(S(=O)(=O)n2cc(B3OC(C)(C)C(C)(C)O3)c3cccnc32)cc1.NCC(F)(F)F. The highest BCUT2D eigenvalue weighted by Gasteiger charge is 2.53. The number of nitrogens with one attached hydrogen (secondary N) is 7. The van der Waals surface area contributed by atoms with Gasteiger partial charge in [0.2, 0.25) is 11.2 Å². The number of aliphatic carboxylic acids is 3. The third-order valence-electron chi connectivity index (χ3n) is 22.0. The molecule has 2 aromatic carbocycles. The molecule has 13 heterocycles. The number of carboxylic acids is 3. The number of nitrogens with zero attached hydrogens (tertiary/aromatic N) is 14. The fourth-order valence-corrected chi connectivity index (χ4v) is 15.3. The lowest BCUT2D eigenvalue weighted by Gasteiger charge is -2.32. The second-order valence-corrected chi connectivity index (χ2v) is 36.1. The van der Waals surface area contributed by atoms with E-state index in [1.165, 1.54) is 41.9 Å². The predicted molar refractivity (Wildman–Crippen MR) is 505 cm³/mol. The molecule has 0 bridgehead atoms. The molecule has 718 valence electrons. The maximum Gasteiger partial charge on any atom is 0.497 e. The number of carbonyl (C=O) groups excluding carboxylic acids is 1. The average molecular weight is 1930 g/mol. The van der Waals surface area contributed by atoms with Crippen molar-refractivity contribution in [2.24, 2.45) is 5.73 Å². The van der Waals surface area contributed by atoms with E-state index in [0.29, 0.717) is 87.3 Å². The molecular formula is C90H106BClF6N22O13S2. The molecule has 1 amide bonds. The Labute approximate surface area is 780 Å². The number of amides is 1. The highest BCUT2D eigenvalue weighted by atomic mass is 35.5. The van der Waals surface area contributed by atoms with Crippen molar-refractivity contribution >= 4 is 135 Å². The van der Waals surface area contributed by atoms with E-state index in [-0.39, 0.29) is 47.8 Å². The van der Waals surface area contributed by atoms with Gasteiger partial charge in [-0.05, 0) is 204 Å². The smallest absolute Gasteiger partial charge is 0.480 e. The van der Waals surface area contributed by atoms with Gasteiger partial charge in [-0.15, -0.1) is 0 Å². The summed E-state index contributed by atoms with van der Waals surface area (Å²) in [5.74, 6) is -0.930. The first-order chi connectivity index (χ1) is 62.5. The molecule has 135 heavy (non-hydrogen) atoms. The standard InChI is InChI=1S/C23H23N5O4S.C20H23BN2O4S.C18H19F3N6O.C16H17N5O2.C9H12ClN3O2.C2H4F3N.2CH4/c1-4-23(3,22(29)30)27-19-11-13-24-20(26-19)18-14-28(21-17(18)6-5-12-25-21)33(31,32)16-9-7-15(2)8-10-16;1-14-8-10-15(11-9-14)28(24,25)23-13-17(16-7-6-12-22-18(16)23)21-26-19(2,3)20(4,5)27-21;1-3-17(2,16(28)25-10-18(19,20)21)27-13-6-8-23-15(26-13)12-9-24-14-11(12)5-4-7-22-14;1-3-16(2,15(22)23)21-12-6-8-18-14(20-12)11-9-19-13-10(11)5-4-7-17-13;1-3-9(2,7(14)15)13-6-4-5-11-8(10)12-6;3-2(4,5)1-6;;/h5-14H,4H2,1-3H3,(H,29,30)(H,24,26,27);6-13H,1-5H3;4-9H,3,10H2,1-2H3,(H,22,24)(H,25,28)(H,23,26,27);4-9H,3H2,1-2H3,(H,17,19)(H,22,23)(H,18,20,21);4-5H,3H2,1-2H3,(H,14,15)(H,11,12,13);1,6H2;2*1H4/t23-;;17-;16-;9-;;;/m1.111.../s1. The van der Waals surface area contributed by atoms with Crippen molar-refractivity contribution in [2.75, 3.05) is 34.4 Å². The van der Waals surface area contributed by atoms with Gasteiger partial charge in [-0.2, -0.15) is 26.3 Å². The predicted octanol–water partition coefficient (Wildman–Crippen LogP) is 16.1. The van der Waals surface area contributed by atoms with E-state index in [0.717, 1.165) is 42.6 Å². The molecule has 0 unspecified atom stereocenters. The Balaban J connectivity index is 0.000000207. The van der Waals surface area contributed by atoms with Gasteiger partial charge >= 0.3 is 37.4 Å². The van der Waals surface area contributed by atoms with E-state index in [1.807, 2.05) is 78.0 Å². The van der Waals surface area contributed by atoms with Crippen LogP contribution in [0.15, 0.2) is 205 Å². The Hall–Kier alpha value is -13.7. The van der Waals surface area contributed by atoms with Crippen molar-refractivity contribution in [1.82, 2.24) is 83.0 Å². The summed E-state index contributed by atoms with van der Waals surface area (Å²) in [4.78, 5) is 104. The first kappa shape index (κ1) is 107. The zero-order chi connectivity index (χ0) is 97.6. The first-order valence-corrected chi connectivity index (χ1v) is 44.4. The highest BCUT2D eigenvalue weighted by molar-refractivity contribution is 7.90. The molecule has 0 aliphatic carbocycles. The third kappa shape index (κ3) is 25.6. The summed E-state index contributed by atoms with van der Waals surface area (Å²) in [7, 11) is -8.40. The normalized spacial score (nSPS) is 14.5. The van der Waals surface area contributed by atoms with Crippen LogP contribution in [0.4, 0.5) is 49.6 Å². The molecule has 15 rings (SSSR count). The fraction of sp³-hybridized carbons (Fsp3) is 0.333. The maximum atomic E-state index is 13.4. The number of aromatic amines is 2. The van der Waals surface area contributed by atoms with Crippen molar-refractivity contribution in [3.05, 3.63) is 212 Å². The lowest BCUT2D eigenvalue weighted by molar-refractivity contribution is -0.142. The summed E-state index contributed by atoms with van der Waals surface area (Å²) in [5.41, 5.74) is 5.19. The number of H-pyrrole nitrogens is 2. The number of carboxylic acid groups (broad SMARTS) is 3. The Kier molecular flexibility index (Phi) is 34.4. The zero-order valence-corrected chi connectivity index (χ0v) is 76.9. The molecule has 0 spiro atoms. The molecule has 0 radical (unpaired) electrons. The van der Waals surface area contributed by atoms with E-state index >= 15 is 0 Å². The molecule has 1 saturated heterocycles. The number of carbonyl (C=O) groups is 4. The molecule has 0 saturated carbocycles. The number of aryl methyl sites for hydroxylation is 2. The van der Waals surface area contributed by atoms with Crippen molar-refractivity contribution < 1.29 is 87.0 Å². The molecule has 1 fully saturated rings. The van der Waals surface area contributed by atoms with Crippen LogP contribution in [0.5, 0.6) is 0 Å². The van der Waals surface area contributed by atoms with Crippen molar-refractivity contribution in [3.63, 3.8) is 0 Å².